The molecule has 18 heavy (non-hydrogen) atoms. The van der Waals surface area contributed by atoms with Crippen LogP contribution in [0.25, 0.3) is 0 Å². The van der Waals surface area contributed by atoms with Crippen LogP contribution in [-0.2, 0) is 11.3 Å². The van der Waals surface area contributed by atoms with Crippen LogP contribution in [0, 0.1) is 0 Å². The summed E-state index contributed by atoms with van der Waals surface area (Å²) in [7, 11) is 0. The molecule has 0 amide bonds. The average molecular weight is 251 g/mol. The van der Waals surface area contributed by atoms with Crippen LogP contribution in [0.2, 0.25) is 0 Å². The molecule has 0 saturated heterocycles. The number of aliphatic carboxylic acids is 1. The number of nitrogens with zero attached hydrogens (tertiary/aromatic N) is 1. The van der Waals surface area contributed by atoms with Gasteiger partial charge in [0.15, 0.2) is 0 Å². The van der Waals surface area contributed by atoms with E-state index in [1.54, 1.807) is 18.2 Å². The minimum atomic E-state index is -0.792. The third-order valence-corrected chi connectivity index (χ3v) is 2.83. The van der Waals surface area contributed by atoms with Crippen LogP contribution in [0.1, 0.15) is 32.8 Å². The number of aromatic hydroxyl groups is 1. The Hall–Kier alpha value is -1.55. The number of rotatable bonds is 5. The molecular formula is C14H21NO3. The smallest absolute Gasteiger partial charge is 0.304 e. The Balaban J connectivity index is 2.75. The molecule has 0 saturated carbocycles. The molecule has 0 aliphatic heterocycles. The largest absolute Gasteiger partial charge is 0.508 e. The van der Waals surface area contributed by atoms with Crippen LogP contribution in [0.5, 0.6) is 5.75 Å². The van der Waals surface area contributed by atoms with Crippen molar-refractivity contribution >= 4 is 5.97 Å². The van der Waals surface area contributed by atoms with E-state index in [0.717, 1.165) is 5.56 Å². The van der Waals surface area contributed by atoms with Gasteiger partial charge in [-0.2, -0.15) is 0 Å². The van der Waals surface area contributed by atoms with E-state index in [-0.39, 0.29) is 17.7 Å². The third-order valence-electron chi connectivity index (χ3n) is 2.83. The first kappa shape index (κ1) is 14.5. The number of benzene rings is 1. The molecule has 1 aromatic rings. The highest BCUT2D eigenvalue weighted by atomic mass is 16.4. The summed E-state index contributed by atoms with van der Waals surface area (Å²) in [5.74, 6) is -0.556. The maximum absolute atomic E-state index is 10.7. The van der Waals surface area contributed by atoms with Gasteiger partial charge in [-0.05, 0) is 38.5 Å². The van der Waals surface area contributed by atoms with Crippen molar-refractivity contribution in [1.82, 2.24) is 4.90 Å². The molecule has 0 atom stereocenters. The lowest BCUT2D eigenvalue weighted by Gasteiger charge is -2.35. The van der Waals surface area contributed by atoms with Crippen molar-refractivity contribution < 1.29 is 15.0 Å². The van der Waals surface area contributed by atoms with Gasteiger partial charge >= 0.3 is 5.97 Å². The Bertz CT molecular complexity index is 410. The standard InChI is InChI=1S/C14H21NO3/c1-14(2,3)15(8-7-13(17)18)10-11-5-4-6-12(16)9-11/h4-6,9,16H,7-8,10H2,1-3H3,(H,17,18). The quantitative estimate of drug-likeness (QED) is 0.844. The number of carboxylic acids is 1. The van der Waals surface area contributed by atoms with Crippen molar-refractivity contribution in [2.45, 2.75) is 39.3 Å². The normalized spacial score (nSPS) is 11.8. The summed E-state index contributed by atoms with van der Waals surface area (Å²) in [5, 5.41) is 18.2. The highest BCUT2D eigenvalue weighted by Gasteiger charge is 2.21. The van der Waals surface area contributed by atoms with Gasteiger partial charge in [-0.15, -0.1) is 0 Å². The molecule has 1 rings (SSSR count). The van der Waals surface area contributed by atoms with Crippen molar-refractivity contribution in [2.75, 3.05) is 6.54 Å². The summed E-state index contributed by atoms with van der Waals surface area (Å²) >= 11 is 0. The van der Waals surface area contributed by atoms with E-state index < -0.39 is 5.97 Å². The maximum Gasteiger partial charge on any atom is 0.304 e. The monoisotopic (exact) mass is 251 g/mol. The van der Waals surface area contributed by atoms with Gasteiger partial charge < -0.3 is 10.2 Å². The molecule has 0 bridgehead atoms. The number of hydrogen-bond acceptors (Lipinski definition) is 3. The van der Waals surface area contributed by atoms with Crippen molar-refractivity contribution in [3.63, 3.8) is 0 Å². The SMILES string of the molecule is CC(C)(C)N(CCC(=O)O)Cc1cccc(O)c1. The van der Waals surface area contributed by atoms with E-state index in [9.17, 15) is 9.90 Å². The Morgan fingerprint density at radius 1 is 1.33 bits per heavy atom. The first-order chi connectivity index (χ1) is 8.29. The molecule has 1 aromatic carbocycles. The number of phenolic OH excluding ortho intramolecular Hbond substituents is 1. The lowest BCUT2D eigenvalue weighted by molar-refractivity contribution is -0.137. The van der Waals surface area contributed by atoms with E-state index in [2.05, 4.69) is 25.7 Å². The molecule has 4 heteroatoms. The molecule has 0 radical (unpaired) electrons. The second-order valence-corrected chi connectivity index (χ2v) is 5.41. The predicted octanol–water partition coefficient (Wildman–Crippen LogP) is 2.47. The van der Waals surface area contributed by atoms with Gasteiger partial charge in [-0.1, -0.05) is 12.1 Å². The summed E-state index contributed by atoms with van der Waals surface area (Å²) in [6.07, 6.45) is 0.121. The van der Waals surface area contributed by atoms with Crippen molar-refractivity contribution in [3.05, 3.63) is 29.8 Å². The van der Waals surface area contributed by atoms with Crippen LogP contribution in [0.3, 0.4) is 0 Å². The molecule has 4 nitrogen and oxygen atoms in total. The first-order valence-electron chi connectivity index (χ1n) is 6.04. The van der Waals surface area contributed by atoms with Crippen LogP contribution < -0.4 is 0 Å². The van der Waals surface area contributed by atoms with E-state index >= 15 is 0 Å². The Morgan fingerprint density at radius 2 is 2.00 bits per heavy atom. The molecule has 0 spiro atoms. The number of carbonyl (C=O) groups is 1. The van der Waals surface area contributed by atoms with Crippen molar-refractivity contribution in [1.29, 1.82) is 0 Å². The van der Waals surface area contributed by atoms with Crippen molar-refractivity contribution in [3.8, 4) is 5.75 Å². The minimum absolute atomic E-state index is 0.110. The summed E-state index contributed by atoms with van der Waals surface area (Å²) in [4.78, 5) is 12.8. The zero-order valence-electron chi connectivity index (χ0n) is 11.2. The Kier molecular flexibility index (Phi) is 4.73. The van der Waals surface area contributed by atoms with Gasteiger partial charge in [-0.25, -0.2) is 0 Å². The number of hydrogen-bond donors (Lipinski definition) is 2. The fourth-order valence-corrected chi connectivity index (χ4v) is 1.76. The van der Waals surface area contributed by atoms with Crippen LogP contribution in [0.4, 0.5) is 0 Å². The molecule has 0 fully saturated rings. The van der Waals surface area contributed by atoms with Crippen LogP contribution >= 0.6 is 0 Å². The van der Waals surface area contributed by atoms with E-state index in [4.69, 9.17) is 5.11 Å². The Morgan fingerprint density at radius 3 is 2.50 bits per heavy atom. The third kappa shape index (κ3) is 4.75. The lowest BCUT2D eigenvalue weighted by atomic mass is 10.0. The van der Waals surface area contributed by atoms with E-state index in [1.807, 2.05) is 6.07 Å². The topological polar surface area (TPSA) is 60.8 Å². The molecule has 0 heterocycles. The van der Waals surface area contributed by atoms with E-state index in [1.165, 1.54) is 0 Å². The zero-order chi connectivity index (χ0) is 13.8. The van der Waals surface area contributed by atoms with Gasteiger partial charge in [0.2, 0.25) is 0 Å². The first-order valence-corrected chi connectivity index (χ1v) is 6.04. The summed E-state index contributed by atoms with van der Waals surface area (Å²) in [6, 6.07) is 7.06. The molecule has 100 valence electrons. The molecule has 2 N–H and O–H groups in total. The summed E-state index contributed by atoms with van der Waals surface area (Å²) in [5.41, 5.74) is 0.872. The Labute approximate surface area is 108 Å². The van der Waals surface area contributed by atoms with Crippen LogP contribution in [0.15, 0.2) is 24.3 Å². The van der Waals surface area contributed by atoms with Crippen LogP contribution in [-0.4, -0.2) is 33.2 Å². The summed E-state index contributed by atoms with van der Waals surface area (Å²) < 4.78 is 0. The predicted molar refractivity (Wildman–Crippen MR) is 70.5 cm³/mol. The van der Waals surface area contributed by atoms with Gasteiger partial charge in [0, 0.05) is 18.6 Å². The molecule has 0 unspecified atom stereocenters. The molecule has 0 aliphatic carbocycles. The molecule has 0 aliphatic rings. The summed E-state index contributed by atoms with van der Waals surface area (Å²) in [6.45, 7) is 7.28. The zero-order valence-corrected chi connectivity index (χ0v) is 11.2. The highest BCUT2D eigenvalue weighted by molar-refractivity contribution is 5.66. The van der Waals surface area contributed by atoms with Crippen molar-refractivity contribution in [2.24, 2.45) is 0 Å². The number of carboxylic acid groups (broad SMARTS) is 1. The van der Waals surface area contributed by atoms with Gasteiger partial charge in [-0.3, -0.25) is 9.69 Å². The molecule has 0 aromatic heterocycles. The highest BCUT2D eigenvalue weighted by Crippen LogP contribution is 2.19. The minimum Gasteiger partial charge on any atom is -0.508 e. The fraction of sp³-hybridized carbons (Fsp3) is 0.500. The van der Waals surface area contributed by atoms with Gasteiger partial charge in [0.25, 0.3) is 0 Å². The average Bonchev–Trinajstić information content (AvgIpc) is 2.22. The maximum atomic E-state index is 10.7. The molecular weight excluding hydrogens is 230 g/mol. The number of phenols is 1. The van der Waals surface area contributed by atoms with E-state index in [0.29, 0.717) is 13.1 Å². The van der Waals surface area contributed by atoms with Gasteiger partial charge in [0.1, 0.15) is 5.75 Å². The fourth-order valence-electron chi connectivity index (χ4n) is 1.76. The second-order valence-electron chi connectivity index (χ2n) is 5.41. The second kappa shape index (κ2) is 5.87. The van der Waals surface area contributed by atoms with Gasteiger partial charge in [0.05, 0.1) is 6.42 Å². The lowest BCUT2D eigenvalue weighted by Crippen LogP contribution is -2.41.